The van der Waals surface area contributed by atoms with Gasteiger partial charge in [-0.1, -0.05) is 18.2 Å². The van der Waals surface area contributed by atoms with Crippen molar-refractivity contribution in [2.75, 3.05) is 24.7 Å². The van der Waals surface area contributed by atoms with Crippen molar-refractivity contribution in [3.8, 4) is 32.3 Å². The minimum Gasteiger partial charge on any atom is -0.455 e. The molecule has 202 valence electrons. The third-order valence-corrected chi connectivity index (χ3v) is 9.21. The van der Waals surface area contributed by atoms with Crippen LogP contribution in [0.1, 0.15) is 10.4 Å². The summed E-state index contributed by atoms with van der Waals surface area (Å²) in [6.07, 6.45) is 1.13. The Labute approximate surface area is 233 Å². The van der Waals surface area contributed by atoms with Crippen LogP contribution in [0.15, 0.2) is 83.3 Å². The molecule has 7 nitrogen and oxygen atoms in total. The summed E-state index contributed by atoms with van der Waals surface area (Å²) in [7, 11) is -0.626. The van der Waals surface area contributed by atoms with Crippen molar-refractivity contribution in [1.82, 2.24) is 10.3 Å². The van der Waals surface area contributed by atoms with Gasteiger partial charge in [0.1, 0.15) is 17.2 Å². The first-order chi connectivity index (χ1) is 19.1. The van der Waals surface area contributed by atoms with Crippen molar-refractivity contribution in [2.24, 2.45) is 0 Å². The highest BCUT2D eigenvalue weighted by molar-refractivity contribution is 7.92. The highest BCUT2D eigenvalue weighted by atomic mass is 32.2. The number of thiophene rings is 1. The maximum Gasteiger partial charge on any atom is 0.255 e. The SMILES string of the molecule is CNC(=O)c1c(-c2ccc(F)cc2)oc2cc(N(C)S(C)(=O)=O)c(-c3ccc(-c4cc5ccccc5[nH]4)s3)cc12. The average molecular weight is 574 g/mol. The van der Waals surface area contributed by atoms with Crippen molar-refractivity contribution in [2.45, 2.75) is 0 Å². The molecule has 0 unspecified atom stereocenters. The van der Waals surface area contributed by atoms with Crippen molar-refractivity contribution >= 4 is 54.8 Å². The van der Waals surface area contributed by atoms with E-state index in [1.54, 1.807) is 12.1 Å². The molecular formula is C30H24FN3O4S2. The number of para-hydroxylation sites is 1. The van der Waals surface area contributed by atoms with E-state index in [2.05, 4.69) is 16.4 Å². The second-order valence-corrected chi connectivity index (χ2v) is 12.5. The van der Waals surface area contributed by atoms with Crippen LogP contribution in [0, 0.1) is 5.82 Å². The van der Waals surface area contributed by atoms with Gasteiger partial charge in [-0.25, -0.2) is 12.8 Å². The number of amides is 1. The number of furan rings is 1. The molecule has 6 rings (SSSR count). The van der Waals surface area contributed by atoms with Gasteiger partial charge < -0.3 is 14.7 Å². The number of benzene rings is 3. The molecule has 0 bridgehead atoms. The topological polar surface area (TPSA) is 95.4 Å². The summed E-state index contributed by atoms with van der Waals surface area (Å²) in [5, 5.41) is 4.26. The quantitative estimate of drug-likeness (QED) is 0.227. The molecule has 40 heavy (non-hydrogen) atoms. The number of rotatable bonds is 6. The third-order valence-electron chi connectivity index (χ3n) is 6.87. The first kappa shape index (κ1) is 25.8. The number of nitrogens with one attached hydrogen (secondary N) is 2. The monoisotopic (exact) mass is 573 g/mol. The summed E-state index contributed by atoms with van der Waals surface area (Å²) < 4.78 is 46.3. The molecule has 0 saturated heterocycles. The van der Waals surface area contributed by atoms with E-state index in [0.29, 0.717) is 27.8 Å². The minimum absolute atomic E-state index is 0.268. The van der Waals surface area contributed by atoms with Crippen LogP contribution in [0.4, 0.5) is 10.1 Å². The summed E-state index contributed by atoms with van der Waals surface area (Å²) in [4.78, 5) is 18.3. The Balaban J connectivity index is 1.58. The van der Waals surface area contributed by atoms with Crippen molar-refractivity contribution in [3.05, 3.63) is 90.2 Å². The van der Waals surface area contributed by atoms with Crippen LogP contribution >= 0.6 is 11.3 Å². The van der Waals surface area contributed by atoms with Crippen LogP contribution in [0.5, 0.6) is 0 Å². The number of sulfonamides is 1. The summed E-state index contributed by atoms with van der Waals surface area (Å²) in [5.41, 5.74) is 4.14. The predicted molar refractivity (Wildman–Crippen MR) is 159 cm³/mol. The van der Waals surface area contributed by atoms with Gasteiger partial charge in [-0.05, 0) is 54.6 Å². The minimum atomic E-state index is -3.63. The summed E-state index contributed by atoms with van der Waals surface area (Å²) in [6.45, 7) is 0. The smallest absolute Gasteiger partial charge is 0.255 e. The van der Waals surface area contributed by atoms with Crippen LogP contribution in [0.25, 0.3) is 54.2 Å². The highest BCUT2D eigenvalue weighted by Crippen LogP contribution is 2.44. The number of aromatic nitrogens is 1. The van der Waals surface area contributed by atoms with Crippen LogP contribution in [-0.2, 0) is 10.0 Å². The zero-order valence-electron chi connectivity index (χ0n) is 21.8. The van der Waals surface area contributed by atoms with Gasteiger partial charge in [-0.2, -0.15) is 0 Å². The van der Waals surface area contributed by atoms with Gasteiger partial charge in [0, 0.05) is 52.5 Å². The van der Waals surface area contributed by atoms with E-state index < -0.39 is 15.8 Å². The van der Waals surface area contributed by atoms with Crippen molar-refractivity contribution in [3.63, 3.8) is 0 Å². The fourth-order valence-electron chi connectivity index (χ4n) is 4.76. The Kier molecular flexibility index (Phi) is 6.24. The van der Waals surface area contributed by atoms with E-state index in [4.69, 9.17) is 4.42 Å². The molecule has 0 radical (unpaired) electrons. The van der Waals surface area contributed by atoms with Gasteiger partial charge in [0.05, 0.1) is 28.1 Å². The molecule has 0 fully saturated rings. The lowest BCUT2D eigenvalue weighted by Crippen LogP contribution is -2.25. The Morgan fingerprint density at radius 3 is 2.42 bits per heavy atom. The normalized spacial score (nSPS) is 11.8. The molecule has 0 aliphatic carbocycles. The molecule has 6 aromatic rings. The van der Waals surface area contributed by atoms with E-state index in [1.807, 2.05) is 36.4 Å². The zero-order valence-corrected chi connectivity index (χ0v) is 23.4. The molecule has 3 heterocycles. The average Bonchev–Trinajstić information content (AvgIpc) is 3.67. The maximum absolute atomic E-state index is 13.6. The second kappa shape index (κ2) is 9.65. The highest BCUT2D eigenvalue weighted by Gasteiger charge is 2.26. The lowest BCUT2D eigenvalue weighted by Gasteiger charge is -2.20. The van der Waals surface area contributed by atoms with Gasteiger partial charge in [-0.15, -0.1) is 11.3 Å². The number of fused-ring (bicyclic) bond motifs is 2. The molecular weight excluding hydrogens is 549 g/mol. The summed E-state index contributed by atoms with van der Waals surface area (Å²) in [6, 6.07) is 23.1. The molecule has 0 aliphatic heterocycles. The third kappa shape index (κ3) is 4.44. The van der Waals surface area contributed by atoms with Gasteiger partial charge in [0.25, 0.3) is 5.91 Å². The van der Waals surface area contributed by atoms with Crippen LogP contribution < -0.4 is 9.62 Å². The van der Waals surface area contributed by atoms with E-state index >= 15 is 0 Å². The van der Waals surface area contributed by atoms with Crippen LogP contribution in [-0.4, -0.2) is 39.7 Å². The zero-order chi connectivity index (χ0) is 28.2. The number of carbonyl (C=O) groups excluding carboxylic acids is 1. The second-order valence-electron chi connectivity index (χ2n) is 9.42. The Morgan fingerprint density at radius 1 is 1.00 bits per heavy atom. The van der Waals surface area contributed by atoms with E-state index in [1.165, 1.54) is 54.0 Å². The van der Waals surface area contributed by atoms with Gasteiger partial charge in [0.15, 0.2) is 0 Å². The first-order valence-electron chi connectivity index (χ1n) is 12.3. The molecule has 10 heteroatoms. The van der Waals surface area contributed by atoms with Crippen molar-refractivity contribution in [1.29, 1.82) is 0 Å². The lowest BCUT2D eigenvalue weighted by molar-refractivity contribution is 0.0964. The fourth-order valence-corrected chi connectivity index (χ4v) is 6.27. The molecule has 1 amide bonds. The Bertz CT molecular complexity index is 1990. The first-order valence-corrected chi connectivity index (χ1v) is 15.0. The molecule has 3 aromatic heterocycles. The number of aromatic amines is 1. The maximum atomic E-state index is 13.6. The number of hydrogen-bond acceptors (Lipinski definition) is 5. The Hall–Kier alpha value is -4.41. The Morgan fingerprint density at radius 2 is 1.73 bits per heavy atom. The van der Waals surface area contributed by atoms with Gasteiger partial charge in [-0.3, -0.25) is 9.10 Å². The predicted octanol–water partition coefficient (Wildman–Crippen LogP) is 6.87. The van der Waals surface area contributed by atoms with Crippen LogP contribution in [0.2, 0.25) is 0 Å². The molecule has 0 atom stereocenters. The lowest BCUT2D eigenvalue weighted by atomic mass is 10.0. The summed E-state index contributed by atoms with van der Waals surface area (Å²) >= 11 is 1.50. The number of hydrogen-bond donors (Lipinski definition) is 2. The fraction of sp³-hybridized carbons (Fsp3) is 0.100. The molecule has 3 aromatic carbocycles. The number of H-pyrrole nitrogens is 1. The number of anilines is 1. The summed E-state index contributed by atoms with van der Waals surface area (Å²) in [5.74, 6) is -0.522. The number of halogens is 1. The van der Waals surface area contributed by atoms with Crippen molar-refractivity contribution < 1.29 is 22.0 Å². The molecule has 2 N–H and O–H groups in total. The van der Waals surface area contributed by atoms with E-state index in [0.717, 1.165) is 32.6 Å². The van der Waals surface area contributed by atoms with Gasteiger partial charge in [0.2, 0.25) is 10.0 Å². The number of nitrogens with zero attached hydrogens (tertiary/aromatic N) is 1. The number of carbonyl (C=O) groups is 1. The van der Waals surface area contributed by atoms with E-state index in [-0.39, 0.29) is 17.2 Å². The van der Waals surface area contributed by atoms with E-state index in [9.17, 15) is 17.6 Å². The standard InChI is InChI=1S/C30H24FN3O4S2/c1-32-30(35)28-21-15-20(26-12-13-27(39-26)23-14-18-6-4-5-7-22(18)33-23)24(34(2)40(3,36)37)16-25(21)38-29(28)17-8-10-19(31)11-9-17/h4-16,33H,1-3H3,(H,32,35). The molecule has 0 saturated carbocycles. The van der Waals surface area contributed by atoms with Gasteiger partial charge >= 0.3 is 0 Å². The molecule has 0 aliphatic rings. The largest absolute Gasteiger partial charge is 0.455 e. The van der Waals surface area contributed by atoms with Crippen LogP contribution in [0.3, 0.4) is 0 Å². The molecule has 0 spiro atoms.